The number of piperazine rings is 1. The van der Waals surface area contributed by atoms with Crippen molar-refractivity contribution in [3.8, 4) is 0 Å². The molecule has 1 N–H and O–H groups in total. The Balaban J connectivity index is 1.13. The Bertz CT molecular complexity index is 1350. The van der Waals surface area contributed by atoms with Crippen LogP contribution in [0, 0.1) is 5.82 Å². The van der Waals surface area contributed by atoms with Crippen molar-refractivity contribution in [1.29, 1.82) is 0 Å². The second-order valence-electron chi connectivity index (χ2n) is 10.4. The highest BCUT2D eigenvalue weighted by atomic mass is 19.1. The third kappa shape index (κ3) is 5.07. The van der Waals surface area contributed by atoms with E-state index in [0.29, 0.717) is 12.1 Å². The van der Waals surface area contributed by atoms with Gasteiger partial charge in [0.25, 0.3) is 5.91 Å². The average molecular weight is 528 g/mol. The van der Waals surface area contributed by atoms with E-state index < -0.39 is 23.7 Å². The third-order valence-electron chi connectivity index (χ3n) is 7.89. The van der Waals surface area contributed by atoms with Crippen LogP contribution in [0.25, 0.3) is 0 Å². The van der Waals surface area contributed by atoms with Crippen molar-refractivity contribution in [3.05, 3.63) is 101 Å². The van der Waals surface area contributed by atoms with Gasteiger partial charge in [-0.1, -0.05) is 42.5 Å². The maximum absolute atomic E-state index is 15.2. The molecule has 2 aromatic carbocycles. The van der Waals surface area contributed by atoms with Gasteiger partial charge in [0.2, 0.25) is 11.8 Å². The van der Waals surface area contributed by atoms with Crippen molar-refractivity contribution in [3.63, 3.8) is 0 Å². The second-order valence-corrected chi connectivity index (χ2v) is 10.4. The van der Waals surface area contributed by atoms with Gasteiger partial charge in [-0.2, -0.15) is 0 Å². The zero-order chi connectivity index (χ0) is 26.9. The molecular formula is C30H30FN5O3. The van der Waals surface area contributed by atoms with E-state index in [2.05, 4.69) is 50.4 Å². The summed E-state index contributed by atoms with van der Waals surface area (Å²) in [6, 6.07) is 19.0. The van der Waals surface area contributed by atoms with Gasteiger partial charge >= 0.3 is 0 Å². The minimum Gasteiger partial charge on any atom is -0.322 e. The van der Waals surface area contributed by atoms with E-state index in [0.717, 1.165) is 37.4 Å². The summed E-state index contributed by atoms with van der Waals surface area (Å²) in [7, 11) is 0. The second kappa shape index (κ2) is 10.7. The van der Waals surface area contributed by atoms with Gasteiger partial charge in [0.15, 0.2) is 0 Å². The first-order chi connectivity index (χ1) is 19.0. The van der Waals surface area contributed by atoms with Crippen molar-refractivity contribution in [2.75, 3.05) is 26.2 Å². The monoisotopic (exact) mass is 527 g/mol. The molecule has 200 valence electrons. The van der Waals surface area contributed by atoms with Crippen LogP contribution in [0.15, 0.2) is 66.9 Å². The summed E-state index contributed by atoms with van der Waals surface area (Å²) >= 11 is 0. The van der Waals surface area contributed by atoms with Crippen LogP contribution < -0.4 is 5.32 Å². The van der Waals surface area contributed by atoms with Crippen LogP contribution in [0.3, 0.4) is 0 Å². The van der Waals surface area contributed by atoms with Crippen LogP contribution in [0.4, 0.5) is 4.39 Å². The molecule has 2 fully saturated rings. The summed E-state index contributed by atoms with van der Waals surface area (Å²) in [6.07, 6.45) is 2.25. The number of imide groups is 1. The number of aromatic nitrogens is 1. The number of pyridine rings is 1. The number of hydrogen-bond acceptors (Lipinski definition) is 6. The van der Waals surface area contributed by atoms with Crippen LogP contribution in [0.1, 0.15) is 51.6 Å². The van der Waals surface area contributed by atoms with Crippen LogP contribution >= 0.6 is 0 Å². The van der Waals surface area contributed by atoms with Crippen molar-refractivity contribution < 1.29 is 18.8 Å². The first-order valence-electron chi connectivity index (χ1n) is 13.4. The molecule has 3 aliphatic rings. The number of benzene rings is 2. The lowest BCUT2D eigenvalue weighted by atomic mass is 10.00. The molecule has 0 spiro atoms. The number of amides is 3. The van der Waals surface area contributed by atoms with Gasteiger partial charge in [0, 0.05) is 51.9 Å². The number of carbonyl (C=O) groups excluding carboxylic acids is 3. The van der Waals surface area contributed by atoms with Gasteiger partial charge in [-0.25, -0.2) is 4.39 Å². The van der Waals surface area contributed by atoms with Crippen molar-refractivity contribution in [2.24, 2.45) is 0 Å². The fourth-order valence-corrected chi connectivity index (χ4v) is 5.99. The summed E-state index contributed by atoms with van der Waals surface area (Å²) < 4.78 is 15.2. The molecule has 0 saturated carbocycles. The summed E-state index contributed by atoms with van der Waals surface area (Å²) in [4.78, 5) is 47.6. The molecule has 8 nitrogen and oxygen atoms in total. The molecule has 9 heteroatoms. The van der Waals surface area contributed by atoms with Gasteiger partial charge in [-0.05, 0) is 41.3 Å². The topological polar surface area (TPSA) is 85.9 Å². The molecule has 0 bridgehead atoms. The van der Waals surface area contributed by atoms with E-state index in [1.54, 1.807) is 0 Å². The van der Waals surface area contributed by atoms with Gasteiger partial charge < -0.3 is 4.90 Å². The number of nitrogens with one attached hydrogen (secondary N) is 1. The molecule has 3 aromatic rings. The first-order valence-corrected chi connectivity index (χ1v) is 13.4. The lowest BCUT2D eigenvalue weighted by Gasteiger charge is -2.39. The van der Waals surface area contributed by atoms with Crippen LogP contribution in [-0.4, -0.2) is 69.6 Å². The highest BCUT2D eigenvalue weighted by Crippen LogP contribution is 2.32. The van der Waals surface area contributed by atoms with E-state index >= 15 is 4.39 Å². The number of rotatable bonds is 6. The van der Waals surface area contributed by atoms with Gasteiger partial charge in [0.05, 0.1) is 17.3 Å². The quantitative estimate of drug-likeness (QED) is 0.497. The van der Waals surface area contributed by atoms with E-state index in [-0.39, 0.29) is 36.9 Å². The lowest BCUT2D eigenvalue weighted by molar-refractivity contribution is -0.136. The standard InChI is InChI=1S/C30H30FN5O3/c31-23-17-20(16-22-19-36(30(39)27(22)23)25-9-10-26(37)33-29(25)38)18-34-12-14-35(15-13-34)28(21-6-2-1-3-7-21)24-8-4-5-11-32-24/h1-8,11,16-17,25,28H,9-10,12-15,18-19H2,(H,33,37,38). The minimum absolute atomic E-state index is 0.0364. The Labute approximate surface area is 226 Å². The zero-order valence-corrected chi connectivity index (χ0v) is 21.6. The van der Waals surface area contributed by atoms with Gasteiger partial charge in [-0.15, -0.1) is 0 Å². The molecule has 2 unspecified atom stereocenters. The van der Waals surface area contributed by atoms with Gasteiger partial charge in [-0.3, -0.25) is 34.5 Å². The van der Waals surface area contributed by atoms with E-state index in [4.69, 9.17) is 0 Å². The maximum Gasteiger partial charge on any atom is 0.258 e. The minimum atomic E-state index is -0.754. The maximum atomic E-state index is 15.2. The van der Waals surface area contributed by atoms with Crippen LogP contribution in [0.2, 0.25) is 0 Å². The highest BCUT2D eigenvalue weighted by molar-refractivity contribution is 6.05. The number of carbonyl (C=O) groups is 3. The Hall–Kier alpha value is -3.95. The molecule has 4 heterocycles. The number of piperidine rings is 1. The summed E-state index contributed by atoms with van der Waals surface area (Å²) in [5.41, 5.74) is 3.66. The lowest BCUT2D eigenvalue weighted by Crippen LogP contribution is -2.52. The Morgan fingerprint density at radius 2 is 1.74 bits per heavy atom. The van der Waals surface area contributed by atoms with Crippen LogP contribution in [0.5, 0.6) is 0 Å². The Kier molecular flexibility index (Phi) is 6.93. The predicted octanol–water partition coefficient (Wildman–Crippen LogP) is 2.89. The predicted molar refractivity (Wildman–Crippen MR) is 142 cm³/mol. The van der Waals surface area contributed by atoms with Gasteiger partial charge in [0.1, 0.15) is 11.9 Å². The normalized spacial score (nSPS) is 21.1. The molecule has 0 aliphatic carbocycles. The third-order valence-corrected chi connectivity index (χ3v) is 7.89. The fraction of sp³-hybridized carbons (Fsp3) is 0.333. The highest BCUT2D eigenvalue weighted by Gasteiger charge is 2.40. The molecule has 0 radical (unpaired) electrons. The van der Waals surface area contributed by atoms with E-state index in [1.807, 2.05) is 30.5 Å². The largest absolute Gasteiger partial charge is 0.322 e. The SMILES string of the molecule is O=C1CCC(N2Cc3cc(CN4CCN(C(c5ccccc5)c5ccccn5)CC4)cc(F)c3C2=O)C(=O)N1. The Morgan fingerprint density at radius 3 is 2.46 bits per heavy atom. The number of halogens is 1. The first kappa shape index (κ1) is 25.3. The molecule has 2 atom stereocenters. The van der Waals surface area contributed by atoms with Crippen molar-refractivity contribution in [1.82, 2.24) is 25.0 Å². The summed E-state index contributed by atoms with van der Waals surface area (Å²) in [5.74, 6) is -1.88. The zero-order valence-electron chi connectivity index (χ0n) is 21.6. The molecule has 2 saturated heterocycles. The molecule has 3 amide bonds. The number of fused-ring (bicyclic) bond motifs is 1. The number of nitrogens with zero attached hydrogens (tertiary/aromatic N) is 4. The summed E-state index contributed by atoms with van der Waals surface area (Å²) in [5, 5.41) is 2.29. The molecule has 3 aliphatic heterocycles. The molecule has 6 rings (SSSR count). The van der Waals surface area contributed by atoms with Crippen molar-refractivity contribution in [2.45, 2.75) is 38.0 Å². The van der Waals surface area contributed by atoms with E-state index in [1.165, 1.54) is 16.5 Å². The van der Waals surface area contributed by atoms with Crippen LogP contribution in [-0.2, 0) is 22.7 Å². The summed E-state index contributed by atoms with van der Waals surface area (Å²) in [6.45, 7) is 4.05. The molecular weight excluding hydrogens is 497 g/mol. The van der Waals surface area contributed by atoms with E-state index in [9.17, 15) is 14.4 Å². The Morgan fingerprint density at radius 1 is 0.974 bits per heavy atom. The smallest absolute Gasteiger partial charge is 0.258 e. The average Bonchev–Trinajstić information content (AvgIpc) is 3.27. The molecule has 39 heavy (non-hydrogen) atoms. The van der Waals surface area contributed by atoms with Crippen molar-refractivity contribution >= 4 is 17.7 Å². The molecule has 1 aromatic heterocycles. The number of hydrogen-bond donors (Lipinski definition) is 1. The fourth-order valence-electron chi connectivity index (χ4n) is 5.99.